The molecule has 0 radical (unpaired) electrons. The second-order valence-corrected chi connectivity index (χ2v) is 7.49. The van der Waals surface area contributed by atoms with E-state index >= 15 is 0 Å². The molecule has 3 aromatic rings. The minimum atomic E-state index is -0.873. The quantitative estimate of drug-likeness (QED) is 0.718. The Bertz CT molecular complexity index is 973. The van der Waals surface area contributed by atoms with E-state index in [9.17, 15) is 5.11 Å². The van der Waals surface area contributed by atoms with Crippen LogP contribution in [-0.2, 0) is 6.42 Å². The van der Waals surface area contributed by atoms with Gasteiger partial charge in [-0.05, 0) is 31.5 Å². The van der Waals surface area contributed by atoms with Gasteiger partial charge in [0.2, 0.25) is 0 Å². The van der Waals surface area contributed by atoms with Gasteiger partial charge in [0, 0.05) is 24.7 Å². The van der Waals surface area contributed by atoms with Crippen molar-refractivity contribution in [3.8, 4) is 5.82 Å². The van der Waals surface area contributed by atoms with E-state index in [-0.39, 0.29) is 6.04 Å². The van der Waals surface area contributed by atoms with E-state index in [4.69, 9.17) is 23.2 Å². The minimum Gasteiger partial charge on any atom is -0.374 e. The third-order valence-electron chi connectivity index (χ3n) is 4.98. The van der Waals surface area contributed by atoms with Crippen LogP contribution < -0.4 is 0 Å². The van der Waals surface area contributed by atoms with Crippen molar-refractivity contribution < 1.29 is 5.11 Å². The van der Waals surface area contributed by atoms with Crippen LogP contribution >= 0.6 is 23.2 Å². The maximum atomic E-state index is 10.9. The van der Waals surface area contributed by atoms with Gasteiger partial charge in [-0.15, -0.1) is 5.10 Å². The highest BCUT2D eigenvalue weighted by atomic mass is 35.5. The number of aliphatic hydroxyl groups excluding tert-OH is 1. The van der Waals surface area contributed by atoms with Crippen LogP contribution in [0.2, 0.25) is 10.0 Å². The van der Waals surface area contributed by atoms with Gasteiger partial charge >= 0.3 is 0 Å². The normalized spacial score (nSPS) is 18.3. The van der Waals surface area contributed by atoms with Crippen LogP contribution in [0.5, 0.6) is 0 Å². The largest absolute Gasteiger partial charge is 0.374 e. The lowest BCUT2D eigenvalue weighted by atomic mass is 10.0. The summed E-state index contributed by atoms with van der Waals surface area (Å²) < 4.78 is 1.78. The molecule has 0 bridgehead atoms. The van der Waals surface area contributed by atoms with E-state index in [1.165, 1.54) is 0 Å². The number of aliphatic hydroxyl groups is 1. The van der Waals surface area contributed by atoms with Gasteiger partial charge in [0.1, 0.15) is 11.9 Å². The third-order valence-corrected chi connectivity index (χ3v) is 5.81. The lowest BCUT2D eigenvalue weighted by Gasteiger charge is -2.36. The first-order chi connectivity index (χ1) is 13.0. The number of aryl methyl sites for hydroxylation is 1. The van der Waals surface area contributed by atoms with Gasteiger partial charge in [0.25, 0.3) is 0 Å². The molecule has 2 atom stereocenters. The predicted octanol–water partition coefficient (Wildman–Crippen LogP) is 3.89. The van der Waals surface area contributed by atoms with Crippen LogP contribution in [-0.4, -0.2) is 36.5 Å². The summed E-state index contributed by atoms with van der Waals surface area (Å²) in [6.45, 7) is 4.63. The Balaban J connectivity index is 1.65. The highest BCUT2D eigenvalue weighted by Crippen LogP contribution is 2.37. The highest BCUT2D eigenvalue weighted by Gasteiger charge is 2.34. The van der Waals surface area contributed by atoms with E-state index in [1.807, 2.05) is 37.1 Å². The standard InChI is InChI=1S/C19H19Cl2N5O/c1-11-6-7-16(22-10-11)26-15-8-9-25(12(2)18(15)23-24-26)19(27)13-4-3-5-14(20)17(13)21/h3-7,10,12,19,27H,8-9H2,1-2H3. The first-order valence-corrected chi connectivity index (χ1v) is 9.48. The molecule has 0 saturated carbocycles. The predicted molar refractivity (Wildman–Crippen MR) is 104 cm³/mol. The lowest BCUT2D eigenvalue weighted by molar-refractivity contribution is -0.0296. The van der Waals surface area contributed by atoms with Crippen LogP contribution in [0.3, 0.4) is 0 Å². The molecule has 0 saturated heterocycles. The molecule has 2 aromatic heterocycles. The van der Waals surface area contributed by atoms with E-state index < -0.39 is 6.23 Å². The Morgan fingerprint density at radius 3 is 2.78 bits per heavy atom. The SMILES string of the molecule is Cc1ccc(-n2nnc3c2CCN(C(O)c2cccc(Cl)c2Cl)C3C)nc1. The number of pyridine rings is 1. The zero-order valence-electron chi connectivity index (χ0n) is 15.0. The lowest BCUT2D eigenvalue weighted by Crippen LogP contribution is -2.37. The van der Waals surface area contributed by atoms with Crippen LogP contribution in [0.1, 0.15) is 41.7 Å². The summed E-state index contributed by atoms with van der Waals surface area (Å²) in [5.41, 5.74) is 3.53. The van der Waals surface area contributed by atoms with Crippen molar-refractivity contribution in [1.29, 1.82) is 0 Å². The Hall–Kier alpha value is -1.99. The van der Waals surface area contributed by atoms with Gasteiger partial charge in [-0.1, -0.05) is 46.6 Å². The first-order valence-electron chi connectivity index (χ1n) is 8.72. The third kappa shape index (κ3) is 3.23. The van der Waals surface area contributed by atoms with Gasteiger partial charge in [0.15, 0.2) is 5.82 Å². The molecule has 27 heavy (non-hydrogen) atoms. The summed E-state index contributed by atoms with van der Waals surface area (Å²) in [6.07, 6.45) is 1.63. The molecule has 1 aliphatic heterocycles. The van der Waals surface area contributed by atoms with E-state index in [2.05, 4.69) is 15.3 Å². The molecule has 0 fully saturated rings. The van der Waals surface area contributed by atoms with Crippen LogP contribution in [0.25, 0.3) is 5.82 Å². The number of benzene rings is 1. The minimum absolute atomic E-state index is 0.127. The van der Waals surface area contributed by atoms with E-state index in [0.29, 0.717) is 28.6 Å². The number of halogens is 2. The zero-order chi connectivity index (χ0) is 19.1. The van der Waals surface area contributed by atoms with Gasteiger partial charge in [-0.2, -0.15) is 4.68 Å². The Morgan fingerprint density at radius 2 is 2.04 bits per heavy atom. The van der Waals surface area contributed by atoms with Gasteiger partial charge in [0.05, 0.1) is 21.8 Å². The maximum absolute atomic E-state index is 10.9. The average molecular weight is 404 g/mol. The van der Waals surface area contributed by atoms with Crippen LogP contribution in [0.15, 0.2) is 36.5 Å². The van der Waals surface area contributed by atoms with Gasteiger partial charge in [-0.25, -0.2) is 4.98 Å². The molecule has 4 rings (SSSR count). The van der Waals surface area contributed by atoms with E-state index in [0.717, 1.165) is 22.8 Å². The number of rotatable bonds is 3. The first kappa shape index (κ1) is 18.4. The molecule has 1 N–H and O–H groups in total. The number of hydrogen-bond donors (Lipinski definition) is 1. The molecule has 140 valence electrons. The monoisotopic (exact) mass is 403 g/mol. The fourth-order valence-electron chi connectivity index (χ4n) is 3.46. The molecular weight excluding hydrogens is 385 g/mol. The Labute approximate surface area is 167 Å². The van der Waals surface area contributed by atoms with Crippen molar-refractivity contribution in [2.45, 2.75) is 32.5 Å². The molecule has 0 spiro atoms. The molecule has 1 aliphatic rings. The fourth-order valence-corrected chi connectivity index (χ4v) is 3.86. The zero-order valence-corrected chi connectivity index (χ0v) is 16.5. The number of hydrogen-bond acceptors (Lipinski definition) is 5. The smallest absolute Gasteiger partial charge is 0.155 e. The van der Waals surface area contributed by atoms with Crippen molar-refractivity contribution in [3.63, 3.8) is 0 Å². The molecule has 3 heterocycles. The topological polar surface area (TPSA) is 67.1 Å². The van der Waals surface area contributed by atoms with Crippen molar-refractivity contribution in [2.24, 2.45) is 0 Å². The summed E-state index contributed by atoms with van der Waals surface area (Å²) in [5.74, 6) is 0.744. The Morgan fingerprint density at radius 1 is 1.22 bits per heavy atom. The van der Waals surface area contributed by atoms with Crippen molar-refractivity contribution in [1.82, 2.24) is 24.9 Å². The molecular formula is C19H19Cl2N5O. The second kappa shape index (κ2) is 7.20. The van der Waals surface area contributed by atoms with Crippen molar-refractivity contribution in [3.05, 3.63) is 69.1 Å². The molecule has 8 heteroatoms. The number of aromatic nitrogens is 4. The Kier molecular flexibility index (Phi) is 4.90. The maximum Gasteiger partial charge on any atom is 0.155 e. The van der Waals surface area contributed by atoms with Gasteiger partial charge in [-0.3, -0.25) is 4.90 Å². The van der Waals surface area contributed by atoms with Gasteiger partial charge < -0.3 is 5.11 Å². The highest BCUT2D eigenvalue weighted by molar-refractivity contribution is 6.42. The summed E-state index contributed by atoms with van der Waals surface area (Å²) >= 11 is 12.4. The molecule has 1 aromatic carbocycles. The molecule has 2 unspecified atom stereocenters. The van der Waals surface area contributed by atoms with E-state index in [1.54, 1.807) is 22.9 Å². The molecule has 0 aliphatic carbocycles. The summed E-state index contributed by atoms with van der Waals surface area (Å²) in [7, 11) is 0. The van der Waals surface area contributed by atoms with Crippen molar-refractivity contribution in [2.75, 3.05) is 6.54 Å². The van der Waals surface area contributed by atoms with Crippen molar-refractivity contribution >= 4 is 23.2 Å². The second-order valence-electron chi connectivity index (χ2n) is 6.71. The molecule has 6 nitrogen and oxygen atoms in total. The van der Waals surface area contributed by atoms with Crippen LogP contribution in [0.4, 0.5) is 0 Å². The average Bonchev–Trinajstić information content (AvgIpc) is 3.09. The number of fused-ring (bicyclic) bond motifs is 1. The van der Waals surface area contributed by atoms with Crippen LogP contribution in [0, 0.1) is 6.92 Å². The summed E-state index contributed by atoms with van der Waals surface area (Å²) in [5, 5.41) is 20.4. The molecule has 0 amide bonds. The fraction of sp³-hybridized carbons (Fsp3) is 0.316. The number of nitrogens with zero attached hydrogens (tertiary/aromatic N) is 5. The summed E-state index contributed by atoms with van der Waals surface area (Å²) in [4.78, 5) is 6.39. The summed E-state index contributed by atoms with van der Waals surface area (Å²) in [6, 6.07) is 9.08.